The average Bonchev–Trinajstić information content (AvgIpc) is 2.47. The van der Waals surface area contributed by atoms with E-state index in [1.807, 2.05) is 24.3 Å². The number of benzene rings is 1. The molecule has 0 spiro atoms. The average molecular weight is 294 g/mol. The number of morpholine rings is 1. The molecule has 1 aromatic rings. The second-order valence-corrected chi connectivity index (χ2v) is 6.13. The first-order chi connectivity index (χ1) is 10.0. The van der Waals surface area contributed by atoms with Crippen molar-refractivity contribution in [3.8, 4) is 5.75 Å². The summed E-state index contributed by atoms with van der Waals surface area (Å²) in [6.45, 7) is 7.87. The van der Waals surface area contributed by atoms with Crippen molar-refractivity contribution in [2.24, 2.45) is 5.73 Å². The standard InChI is InChI=1S/C16H26N2O3/c1-16(2)12-20-7-6-18(16)10-14(19)11-21-15-5-3-4-13(8-15)9-17/h3-5,8,14,19H,6-7,9-12,17H2,1-2H3. The van der Waals surface area contributed by atoms with E-state index in [0.29, 0.717) is 19.7 Å². The van der Waals surface area contributed by atoms with Crippen molar-refractivity contribution in [3.63, 3.8) is 0 Å². The molecule has 0 aliphatic carbocycles. The fourth-order valence-electron chi connectivity index (χ4n) is 2.49. The Morgan fingerprint density at radius 1 is 1.48 bits per heavy atom. The highest BCUT2D eigenvalue weighted by molar-refractivity contribution is 5.28. The van der Waals surface area contributed by atoms with Crippen LogP contribution in [-0.2, 0) is 11.3 Å². The Bertz CT molecular complexity index is 451. The van der Waals surface area contributed by atoms with Crippen molar-refractivity contribution in [1.82, 2.24) is 4.90 Å². The summed E-state index contributed by atoms with van der Waals surface area (Å²) in [5.41, 5.74) is 6.59. The Balaban J connectivity index is 1.82. The first kappa shape index (κ1) is 16.2. The topological polar surface area (TPSA) is 68.0 Å². The Labute approximate surface area is 126 Å². The number of hydrogen-bond acceptors (Lipinski definition) is 5. The molecule has 1 unspecified atom stereocenters. The maximum atomic E-state index is 10.2. The largest absolute Gasteiger partial charge is 0.491 e. The van der Waals surface area contributed by atoms with Crippen molar-refractivity contribution in [1.29, 1.82) is 0 Å². The Morgan fingerprint density at radius 2 is 2.29 bits per heavy atom. The third-order valence-corrected chi connectivity index (χ3v) is 3.82. The number of aliphatic hydroxyl groups is 1. The lowest BCUT2D eigenvalue weighted by Gasteiger charge is -2.42. The highest BCUT2D eigenvalue weighted by Gasteiger charge is 2.31. The molecule has 2 rings (SSSR count). The molecule has 1 aliphatic heterocycles. The van der Waals surface area contributed by atoms with Crippen LogP contribution in [0.4, 0.5) is 0 Å². The van der Waals surface area contributed by atoms with Crippen molar-refractivity contribution in [3.05, 3.63) is 29.8 Å². The summed E-state index contributed by atoms with van der Waals surface area (Å²) in [6.07, 6.45) is -0.524. The zero-order valence-corrected chi connectivity index (χ0v) is 12.9. The van der Waals surface area contributed by atoms with E-state index in [4.69, 9.17) is 15.2 Å². The van der Waals surface area contributed by atoms with Crippen molar-refractivity contribution in [2.75, 3.05) is 32.9 Å². The van der Waals surface area contributed by atoms with Crippen LogP contribution < -0.4 is 10.5 Å². The van der Waals surface area contributed by atoms with Gasteiger partial charge < -0.3 is 20.3 Å². The molecule has 1 fully saturated rings. The highest BCUT2D eigenvalue weighted by Crippen LogP contribution is 2.19. The molecule has 118 valence electrons. The van der Waals surface area contributed by atoms with Gasteiger partial charge in [-0.15, -0.1) is 0 Å². The minimum Gasteiger partial charge on any atom is -0.491 e. The smallest absolute Gasteiger partial charge is 0.119 e. The van der Waals surface area contributed by atoms with Gasteiger partial charge in [0.1, 0.15) is 18.5 Å². The van der Waals surface area contributed by atoms with Gasteiger partial charge in [-0.25, -0.2) is 0 Å². The van der Waals surface area contributed by atoms with E-state index in [9.17, 15) is 5.11 Å². The zero-order valence-electron chi connectivity index (χ0n) is 12.9. The van der Waals surface area contributed by atoms with E-state index in [1.54, 1.807) is 0 Å². The first-order valence-electron chi connectivity index (χ1n) is 7.44. The summed E-state index contributed by atoms with van der Waals surface area (Å²) < 4.78 is 11.1. The third kappa shape index (κ3) is 4.68. The Hall–Kier alpha value is -1.14. The Morgan fingerprint density at radius 3 is 3.00 bits per heavy atom. The van der Waals surface area contributed by atoms with Gasteiger partial charge in [0.05, 0.1) is 13.2 Å². The quantitative estimate of drug-likeness (QED) is 0.819. The van der Waals surface area contributed by atoms with Crippen LogP contribution in [0.3, 0.4) is 0 Å². The van der Waals surface area contributed by atoms with Gasteiger partial charge in [-0.05, 0) is 31.5 Å². The number of rotatable bonds is 6. The van der Waals surface area contributed by atoms with Crippen LogP contribution in [0.5, 0.6) is 5.75 Å². The summed E-state index contributed by atoms with van der Waals surface area (Å²) in [6, 6.07) is 7.66. The van der Waals surface area contributed by atoms with Crippen LogP contribution in [0.2, 0.25) is 0 Å². The number of nitrogens with two attached hydrogens (primary N) is 1. The number of aliphatic hydroxyl groups excluding tert-OH is 1. The van der Waals surface area contributed by atoms with E-state index in [2.05, 4.69) is 18.7 Å². The maximum absolute atomic E-state index is 10.2. The summed E-state index contributed by atoms with van der Waals surface area (Å²) in [5.74, 6) is 0.748. The van der Waals surface area contributed by atoms with Gasteiger partial charge in [0.2, 0.25) is 0 Å². The number of nitrogens with zero attached hydrogens (tertiary/aromatic N) is 1. The SMILES string of the molecule is CC1(C)COCCN1CC(O)COc1cccc(CN)c1. The van der Waals surface area contributed by atoms with E-state index < -0.39 is 6.10 Å². The van der Waals surface area contributed by atoms with E-state index in [0.717, 1.165) is 24.5 Å². The number of hydrogen-bond donors (Lipinski definition) is 2. The molecule has 21 heavy (non-hydrogen) atoms. The summed E-state index contributed by atoms with van der Waals surface area (Å²) in [4.78, 5) is 2.25. The minimum absolute atomic E-state index is 0.0430. The lowest BCUT2D eigenvalue weighted by atomic mass is 10.0. The second kappa shape index (κ2) is 7.22. The van der Waals surface area contributed by atoms with Crippen LogP contribution in [0.15, 0.2) is 24.3 Å². The van der Waals surface area contributed by atoms with Gasteiger partial charge in [-0.2, -0.15) is 0 Å². The van der Waals surface area contributed by atoms with Crippen molar-refractivity contribution < 1.29 is 14.6 Å². The lowest BCUT2D eigenvalue weighted by molar-refractivity contribution is -0.0703. The van der Waals surface area contributed by atoms with E-state index >= 15 is 0 Å². The van der Waals surface area contributed by atoms with Gasteiger partial charge in [-0.3, -0.25) is 4.90 Å². The monoisotopic (exact) mass is 294 g/mol. The fraction of sp³-hybridized carbons (Fsp3) is 0.625. The van der Waals surface area contributed by atoms with E-state index in [-0.39, 0.29) is 12.1 Å². The highest BCUT2D eigenvalue weighted by atomic mass is 16.5. The molecule has 0 aromatic heterocycles. The molecule has 0 amide bonds. The molecule has 0 saturated carbocycles. The van der Waals surface area contributed by atoms with Gasteiger partial charge in [0.15, 0.2) is 0 Å². The molecule has 0 bridgehead atoms. The molecule has 3 N–H and O–H groups in total. The molecule has 1 atom stereocenters. The molecule has 1 aromatic carbocycles. The van der Waals surface area contributed by atoms with Gasteiger partial charge in [-0.1, -0.05) is 12.1 Å². The van der Waals surface area contributed by atoms with Crippen molar-refractivity contribution >= 4 is 0 Å². The first-order valence-corrected chi connectivity index (χ1v) is 7.44. The molecular formula is C16H26N2O3. The molecule has 5 heteroatoms. The minimum atomic E-state index is -0.524. The molecule has 0 radical (unpaired) electrons. The van der Waals surface area contributed by atoms with Gasteiger partial charge in [0, 0.05) is 25.2 Å². The van der Waals surface area contributed by atoms with E-state index in [1.165, 1.54) is 0 Å². The summed E-state index contributed by atoms with van der Waals surface area (Å²) in [5, 5.41) is 10.2. The van der Waals surface area contributed by atoms with Crippen LogP contribution in [-0.4, -0.2) is 54.6 Å². The second-order valence-electron chi connectivity index (χ2n) is 6.13. The Kier molecular flexibility index (Phi) is 5.58. The molecule has 1 saturated heterocycles. The van der Waals surface area contributed by atoms with Crippen molar-refractivity contribution in [2.45, 2.75) is 32.0 Å². The number of ether oxygens (including phenoxy) is 2. The summed E-state index contributed by atoms with van der Waals surface area (Å²) in [7, 11) is 0. The maximum Gasteiger partial charge on any atom is 0.119 e. The van der Waals surface area contributed by atoms with Crippen LogP contribution in [0.25, 0.3) is 0 Å². The zero-order chi connectivity index (χ0) is 15.3. The normalized spacial score (nSPS) is 20.2. The number of β-amino-alcohol motifs (C(OH)–C–C–N with tert-alkyl or cyclic N) is 1. The molecule has 1 aliphatic rings. The van der Waals surface area contributed by atoms with Crippen LogP contribution >= 0.6 is 0 Å². The molecule has 5 nitrogen and oxygen atoms in total. The van der Waals surface area contributed by atoms with Gasteiger partial charge >= 0.3 is 0 Å². The predicted molar refractivity (Wildman–Crippen MR) is 82.3 cm³/mol. The van der Waals surface area contributed by atoms with Crippen LogP contribution in [0, 0.1) is 0 Å². The third-order valence-electron chi connectivity index (χ3n) is 3.82. The molecule has 1 heterocycles. The summed E-state index contributed by atoms with van der Waals surface area (Å²) >= 11 is 0. The van der Waals surface area contributed by atoms with Gasteiger partial charge in [0.25, 0.3) is 0 Å². The lowest BCUT2D eigenvalue weighted by Crippen LogP contribution is -2.55. The fourth-order valence-corrected chi connectivity index (χ4v) is 2.49. The molecular weight excluding hydrogens is 268 g/mol. The predicted octanol–water partition coefficient (Wildman–Crippen LogP) is 0.996. The van der Waals surface area contributed by atoms with Crippen LogP contribution in [0.1, 0.15) is 19.4 Å².